The molecule has 0 spiro atoms. The monoisotopic (exact) mass is 324 g/mol. The third-order valence-electron chi connectivity index (χ3n) is 5.57. The van der Waals surface area contributed by atoms with Gasteiger partial charge in [0, 0.05) is 6.54 Å². The second-order valence-corrected chi connectivity index (χ2v) is 7.83. The smallest absolute Gasteiger partial charge is 0.400 e. The molecule has 0 aromatic heterocycles. The molecule has 126 valence electrons. The van der Waals surface area contributed by atoms with Crippen molar-refractivity contribution < 1.29 is 9.31 Å². The molecule has 0 atom stereocenters. The van der Waals surface area contributed by atoms with Gasteiger partial charge in [0.15, 0.2) is 0 Å². The zero-order valence-corrected chi connectivity index (χ0v) is 14.9. The van der Waals surface area contributed by atoms with Crippen LogP contribution in [0, 0.1) is 11.3 Å². The minimum absolute atomic E-state index is 0.245. The van der Waals surface area contributed by atoms with Crippen LogP contribution < -0.4 is 5.73 Å². The Morgan fingerprint density at radius 3 is 2.12 bits per heavy atom. The summed E-state index contributed by atoms with van der Waals surface area (Å²) in [5, 5.41) is 9.29. The third kappa shape index (κ3) is 2.90. The first kappa shape index (κ1) is 17.2. The third-order valence-corrected chi connectivity index (χ3v) is 5.57. The number of nitrogens with two attached hydrogens (primary N) is 1. The van der Waals surface area contributed by atoms with Crippen molar-refractivity contribution in [1.29, 1.82) is 5.26 Å². The van der Waals surface area contributed by atoms with E-state index in [-0.39, 0.29) is 16.6 Å². The number of rotatable bonds is 4. The van der Waals surface area contributed by atoms with Crippen molar-refractivity contribution in [3.63, 3.8) is 0 Å². The number of hydrogen-bond acceptors (Lipinski definition) is 4. The Kier molecular flexibility index (Phi) is 4.12. The summed E-state index contributed by atoms with van der Waals surface area (Å²) >= 11 is 0. The van der Waals surface area contributed by atoms with Gasteiger partial charge in [-0.1, -0.05) is 30.3 Å². The largest absolute Gasteiger partial charge is 0.491 e. The molecule has 1 aromatic carbocycles. The van der Waals surface area contributed by atoms with Gasteiger partial charge in [-0.15, -0.1) is 0 Å². The van der Waals surface area contributed by atoms with Crippen molar-refractivity contribution in [3.8, 4) is 6.07 Å². The number of nitrogens with zero attached hydrogens (tertiary/aromatic N) is 1. The molecule has 0 bridgehead atoms. The van der Waals surface area contributed by atoms with Crippen LogP contribution >= 0.6 is 0 Å². The predicted molar refractivity (Wildman–Crippen MR) is 96.1 cm³/mol. The number of benzene rings is 1. The average Bonchev–Trinajstić information content (AvgIpc) is 3.29. The van der Waals surface area contributed by atoms with Gasteiger partial charge in [0.25, 0.3) is 0 Å². The Labute approximate surface area is 144 Å². The molecule has 1 saturated heterocycles. The quantitative estimate of drug-likeness (QED) is 0.864. The molecular formula is C19H25BN2O2. The van der Waals surface area contributed by atoms with Gasteiger partial charge in [-0.3, -0.25) is 0 Å². The Hall–Kier alpha value is -1.61. The molecule has 4 nitrogen and oxygen atoms in total. The van der Waals surface area contributed by atoms with Crippen molar-refractivity contribution in [2.45, 2.75) is 57.2 Å². The van der Waals surface area contributed by atoms with Crippen LogP contribution in [0.15, 0.2) is 29.7 Å². The molecule has 0 radical (unpaired) electrons. The lowest BCUT2D eigenvalue weighted by atomic mass is 9.77. The summed E-state index contributed by atoms with van der Waals surface area (Å²) in [7, 11) is -0.423. The van der Waals surface area contributed by atoms with E-state index >= 15 is 0 Å². The van der Waals surface area contributed by atoms with Crippen LogP contribution in [0.1, 0.15) is 51.7 Å². The molecule has 1 saturated carbocycles. The lowest BCUT2D eigenvalue weighted by Crippen LogP contribution is -2.41. The van der Waals surface area contributed by atoms with Crippen molar-refractivity contribution in [2.75, 3.05) is 6.54 Å². The maximum atomic E-state index is 9.29. The minimum Gasteiger partial charge on any atom is -0.400 e. The van der Waals surface area contributed by atoms with Gasteiger partial charge < -0.3 is 15.0 Å². The molecule has 1 aromatic rings. The van der Waals surface area contributed by atoms with E-state index < -0.39 is 7.12 Å². The number of hydrogen-bond donors (Lipinski definition) is 1. The first-order chi connectivity index (χ1) is 11.2. The SMILES string of the molecule is CC1(C)OB(C(=Cc2ccc(C3(C#N)CC3)cc2)CN)OC1(C)C. The summed E-state index contributed by atoms with van der Waals surface area (Å²) in [6, 6.07) is 10.6. The summed E-state index contributed by atoms with van der Waals surface area (Å²) in [5.41, 5.74) is 8.01. The summed E-state index contributed by atoms with van der Waals surface area (Å²) in [5.74, 6) is 0. The fourth-order valence-corrected chi connectivity index (χ4v) is 2.92. The van der Waals surface area contributed by atoms with Crippen LogP contribution in [-0.4, -0.2) is 24.9 Å². The van der Waals surface area contributed by atoms with Gasteiger partial charge >= 0.3 is 7.12 Å². The van der Waals surface area contributed by atoms with Crippen molar-refractivity contribution in [1.82, 2.24) is 0 Å². The van der Waals surface area contributed by atoms with E-state index in [0.29, 0.717) is 6.54 Å². The minimum atomic E-state index is -0.423. The second-order valence-electron chi connectivity index (χ2n) is 7.83. The standard InChI is InChI=1S/C19H25BN2O2/c1-17(2)18(3,4)24-20(23-17)16(12-21)11-14-5-7-15(8-6-14)19(13-22)9-10-19/h5-8,11H,9-10,12,21H2,1-4H3. The van der Waals surface area contributed by atoms with E-state index in [1.54, 1.807) is 0 Å². The molecule has 1 heterocycles. The maximum Gasteiger partial charge on any atom is 0.491 e. The molecule has 5 heteroatoms. The van der Waals surface area contributed by atoms with E-state index in [2.05, 4.69) is 6.07 Å². The van der Waals surface area contributed by atoms with Crippen molar-refractivity contribution in [3.05, 3.63) is 40.9 Å². The molecule has 3 rings (SSSR count). The highest BCUT2D eigenvalue weighted by molar-refractivity contribution is 6.55. The van der Waals surface area contributed by atoms with E-state index in [0.717, 1.165) is 29.4 Å². The lowest BCUT2D eigenvalue weighted by Gasteiger charge is -2.32. The zero-order valence-electron chi connectivity index (χ0n) is 14.9. The molecule has 1 aliphatic carbocycles. The highest BCUT2D eigenvalue weighted by atomic mass is 16.7. The molecule has 24 heavy (non-hydrogen) atoms. The highest BCUT2D eigenvalue weighted by Gasteiger charge is 2.52. The van der Waals surface area contributed by atoms with E-state index in [4.69, 9.17) is 15.0 Å². The van der Waals surface area contributed by atoms with Gasteiger partial charge in [-0.2, -0.15) is 5.26 Å². The predicted octanol–water partition coefficient (Wildman–Crippen LogP) is 3.22. The Bertz CT molecular complexity index is 681. The van der Waals surface area contributed by atoms with Gasteiger partial charge in [-0.25, -0.2) is 0 Å². The first-order valence-electron chi connectivity index (χ1n) is 8.51. The molecule has 1 aliphatic heterocycles. The number of nitriles is 1. The van der Waals surface area contributed by atoms with Gasteiger partial charge in [0.1, 0.15) is 0 Å². The van der Waals surface area contributed by atoms with Crippen molar-refractivity contribution >= 4 is 13.2 Å². The zero-order chi connectivity index (χ0) is 17.6. The van der Waals surface area contributed by atoms with Crippen LogP contribution in [0.3, 0.4) is 0 Å². The van der Waals surface area contributed by atoms with Crippen molar-refractivity contribution in [2.24, 2.45) is 5.73 Å². The van der Waals surface area contributed by atoms with Gasteiger partial charge in [0.05, 0.1) is 22.7 Å². The molecule has 2 aliphatic rings. The topological polar surface area (TPSA) is 68.3 Å². The summed E-state index contributed by atoms with van der Waals surface area (Å²) < 4.78 is 12.2. The van der Waals surface area contributed by atoms with E-state index in [1.165, 1.54) is 0 Å². The Morgan fingerprint density at radius 2 is 1.71 bits per heavy atom. The summed E-state index contributed by atoms with van der Waals surface area (Å²) in [4.78, 5) is 0. The maximum absolute atomic E-state index is 9.29. The molecule has 2 N–H and O–H groups in total. The van der Waals surface area contributed by atoms with Gasteiger partial charge in [0.2, 0.25) is 0 Å². The Morgan fingerprint density at radius 1 is 1.17 bits per heavy atom. The van der Waals surface area contributed by atoms with Crippen LogP contribution in [-0.2, 0) is 14.7 Å². The van der Waals surface area contributed by atoms with Crippen LogP contribution in [0.5, 0.6) is 0 Å². The fourth-order valence-electron chi connectivity index (χ4n) is 2.92. The lowest BCUT2D eigenvalue weighted by molar-refractivity contribution is 0.00578. The first-order valence-corrected chi connectivity index (χ1v) is 8.51. The molecule has 0 unspecified atom stereocenters. The van der Waals surface area contributed by atoms with Crippen LogP contribution in [0.2, 0.25) is 0 Å². The van der Waals surface area contributed by atoms with Gasteiger partial charge in [-0.05, 0) is 57.1 Å². The Balaban J connectivity index is 1.81. The molecule has 0 amide bonds. The van der Waals surface area contributed by atoms with Crippen LogP contribution in [0.25, 0.3) is 6.08 Å². The van der Waals surface area contributed by atoms with E-state index in [1.807, 2.05) is 58.0 Å². The second kappa shape index (κ2) is 5.73. The molecule has 2 fully saturated rings. The van der Waals surface area contributed by atoms with E-state index in [9.17, 15) is 5.26 Å². The fraction of sp³-hybridized carbons (Fsp3) is 0.526. The average molecular weight is 324 g/mol. The summed E-state index contributed by atoms with van der Waals surface area (Å²) in [6.07, 6.45) is 3.94. The summed E-state index contributed by atoms with van der Waals surface area (Å²) in [6.45, 7) is 8.51. The molecular weight excluding hydrogens is 299 g/mol. The van der Waals surface area contributed by atoms with Crippen LogP contribution in [0.4, 0.5) is 0 Å². The highest BCUT2D eigenvalue weighted by Crippen LogP contribution is 2.47. The normalized spacial score (nSPS) is 23.8.